The molecule has 0 saturated carbocycles. The van der Waals surface area contributed by atoms with Gasteiger partial charge in [-0.05, 0) is 31.2 Å². The first-order valence-corrected chi connectivity index (χ1v) is 5.50. The largest absolute Gasteiger partial charge is 0.294 e. The minimum atomic E-state index is 0.0330. The van der Waals surface area contributed by atoms with Crippen LogP contribution >= 0.6 is 11.3 Å². The first-order valence-electron chi connectivity index (χ1n) is 4.68. The molecule has 0 amide bonds. The van der Waals surface area contributed by atoms with E-state index in [-0.39, 0.29) is 5.78 Å². The van der Waals surface area contributed by atoms with Crippen molar-refractivity contribution in [2.24, 2.45) is 0 Å². The standard InChI is InChI=1S/C12H8N2OS/c1-8(15)10-4-5-11(16-10)12-9(7-13)3-2-6-14-12/h2-6H,1H3. The average molecular weight is 228 g/mol. The van der Waals surface area contributed by atoms with Gasteiger partial charge >= 0.3 is 0 Å². The van der Waals surface area contributed by atoms with E-state index < -0.39 is 0 Å². The van der Waals surface area contributed by atoms with Gasteiger partial charge < -0.3 is 0 Å². The third kappa shape index (κ3) is 1.86. The second-order valence-electron chi connectivity index (χ2n) is 3.23. The van der Waals surface area contributed by atoms with E-state index >= 15 is 0 Å². The monoisotopic (exact) mass is 228 g/mol. The van der Waals surface area contributed by atoms with Gasteiger partial charge in [0.15, 0.2) is 5.78 Å². The minimum Gasteiger partial charge on any atom is -0.294 e. The maximum Gasteiger partial charge on any atom is 0.169 e. The van der Waals surface area contributed by atoms with E-state index in [4.69, 9.17) is 5.26 Å². The predicted molar refractivity (Wildman–Crippen MR) is 62.3 cm³/mol. The Labute approximate surface area is 97.0 Å². The topological polar surface area (TPSA) is 53.8 Å². The van der Waals surface area contributed by atoms with Crippen molar-refractivity contribution >= 4 is 17.1 Å². The number of aromatic nitrogens is 1. The van der Waals surface area contributed by atoms with Crippen LogP contribution in [0.2, 0.25) is 0 Å². The molecule has 2 aromatic rings. The van der Waals surface area contributed by atoms with Gasteiger partial charge in [-0.1, -0.05) is 0 Å². The molecule has 2 heterocycles. The zero-order valence-corrected chi connectivity index (χ0v) is 9.41. The van der Waals surface area contributed by atoms with Gasteiger partial charge in [0.25, 0.3) is 0 Å². The van der Waals surface area contributed by atoms with Gasteiger partial charge in [0.05, 0.1) is 21.0 Å². The van der Waals surface area contributed by atoms with E-state index in [0.29, 0.717) is 16.1 Å². The molecule has 0 unspecified atom stereocenters. The van der Waals surface area contributed by atoms with Gasteiger partial charge in [-0.25, -0.2) is 0 Å². The molecule has 0 spiro atoms. The van der Waals surface area contributed by atoms with Crippen LogP contribution in [0.3, 0.4) is 0 Å². The molecule has 2 aromatic heterocycles. The van der Waals surface area contributed by atoms with Crippen molar-refractivity contribution in [3.8, 4) is 16.6 Å². The Morgan fingerprint density at radius 3 is 2.88 bits per heavy atom. The fourth-order valence-electron chi connectivity index (χ4n) is 1.35. The first-order chi connectivity index (χ1) is 7.72. The Morgan fingerprint density at radius 1 is 1.44 bits per heavy atom. The fraction of sp³-hybridized carbons (Fsp3) is 0.0833. The van der Waals surface area contributed by atoms with Crippen LogP contribution in [0.25, 0.3) is 10.6 Å². The summed E-state index contributed by atoms with van der Waals surface area (Å²) >= 11 is 1.36. The van der Waals surface area contributed by atoms with Crippen LogP contribution in [-0.4, -0.2) is 10.8 Å². The summed E-state index contributed by atoms with van der Waals surface area (Å²) in [6.07, 6.45) is 1.64. The molecule has 16 heavy (non-hydrogen) atoms. The van der Waals surface area contributed by atoms with Crippen LogP contribution < -0.4 is 0 Å². The van der Waals surface area contributed by atoms with Crippen molar-refractivity contribution in [2.75, 3.05) is 0 Å². The van der Waals surface area contributed by atoms with Gasteiger partial charge in [0.2, 0.25) is 0 Å². The zero-order valence-electron chi connectivity index (χ0n) is 8.60. The highest BCUT2D eigenvalue weighted by Crippen LogP contribution is 2.28. The van der Waals surface area contributed by atoms with E-state index in [9.17, 15) is 4.79 Å². The molecule has 0 aliphatic heterocycles. The van der Waals surface area contributed by atoms with Crippen molar-refractivity contribution in [3.05, 3.63) is 40.9 Å². The van der Waals surface area contributed by atoms with Gasteiger partial charge in [0, 0.05) is 6.20 Å². The third-order valence-corrected chi connectivity index (χ3v) is 3.31. The van der Waals surface area contributed by atoms with Crippen LogP contribution in [0.5, 0.6) is 0 Å². The molecule has 0 fully saturated rings. The number of carbonyl (C=O) groups is 1. The molecule has 0 saturated heterocycles. The lowest BCUT2D eigenvalue weighted by Crippen LogP contribution is -1.85. The summed E-state index contributed by atoms with van der Waals surface area (Å²) < 4.78 is 0. The molecular weight excluding hydrogens is 220 g/mol. The molecule has 0 atom stereocenters. The van der Waals surface area contributed by atoms with Crippen LogP contribution in [-0.2, 0) is 0 Å². The number of carbonyl (C=O) groups excluding carboxylic acids is 1. The number of Topliss-reactive ketones (excluding diaryl/α,β-unsaturated/α-hetero) is 1. The number of nitrogens with zero attached hydrogens (tertiary/aromatic N) is 2. The van der Waals surface area contributed by atoms with E-state index in [1.807, 2.05) is 6.07 Å². The number of ketones is 1. The van der Waals surface area contributed by atoms with E-state index in [2.05, 4.69) is 11.1 Å². The first kappa shape index (κ1) is 10.5. The minimum absolute atomic E-state index is 0.0330. The molecule has 3 nitrogen and oxygen atoms in total. The summed E-state index contributed by atoms with van der Waals surface area (Å²) in [4.78, 5) is 16.9. The lowest BCUT2D eigenvalue weighted by Gasteiger charge is -1.97. The highest BCUT2D eigenvalue weighted by molar-refractivity contribution is 7.17. The molecule has 0 radical (unpaired) electrons. The predicted octanol–water partition coefficient (Wildman–Crippen LogP) is 2.88. The summed E-state index contributed by atoms with van der Waals surface area (Å²) in [7, 11) is 0. The SMILES string of the molecule is CC(=O)c1ccc(-c2ncccc2C#N)s1. The quantitative estimate of drug-likeness (QED) is 0.742. The lowest BCUT2D eigenvalue weighted by molar-refractivity contribution is 0.102. The van der Waals surface area contributed by atoms with Crippen LogP contribution in [0.1, 0.15) is 22.2 Å². The van der Waals surface area contributed by atoms with Crippen LogP contribution in [0, 0.1) is 11.3 Å². The number of nitriles is 1. The number of hydrogen-bond acceptors (Lipinski definition) is 4. The molecule has 4 heteroatoms. The molecule has 0 aromatic carbocycles. The van der Waals surface area contributed by atoms with Crippen molar-refractivity contribution < 1.29 is 4.79 Å². The molecule has 0 N–H and O–H groups in total. The summed E-state index contributed by atoms with van der Waals surface area (Å²) in [6.45, 7) is 1.53. The van der Waals surface area contributed by atoms with E-state index in [1.54, 1.807) is 24.4 Å². The summed E-state index contributed by atoms with van der Waals surface area (Å²) in [5.74, 6) is 0.0330. The van der Waals surface area contributed by atoms with Crippen molar-refractivity contribution in [2.45, 2.75) is 6.92 Å². The molecule has 0 aliphatic rings. The highest BCUT2D eigenvalue weighted by Gasteiger charge is 2.10. The van der Waals surface area contributed by atoms with Crippen LogP contribution in [0.15, 0.2) is 30.5 Å². The van der Waals surface area contributed by atoms with E-state index in [1.165, 1.54) is 18.3 Å². The highest BCUT2D eigenvalue weighted by atomic mass is 32.1. The molecule has 0 aliphatic carbocycles. The second kappa shape index (κ2) is 4.25. The summed E-state index contributed by atoms with van der Waals surface area (Å²) in [5.41, 5.74) is 1.17. The van der Waals surface area contributed by atoms with E-state index in [0.717, 1.165) is 4.88 Å². The lowest BCUT2D eigenvalue weighted by atomic mass is 10.2. The fourth-order valence-corrected chi connectivity index (χ4v) is 2.26. The third-order valence-electron chi connectivity index (χ3n) is 2.11. The Bertz CT molecular complexity index is 581. The summed E-state index contributed by atoms with van der Waals surface area (Å²) in [6, 6.07) is 9.12. The molecule has 2 rings (SSSR count). The van der Waals surface area contributed by atoms with Gasteiger partial charge in [0.1, 0.15) is 6.07 Å². The zero-order chi connectivity index (χ0) is 11.5. The Morgan fingerprint density at radius 2 is 2.25 bits per heavy atom. The number of hydrogen-bond donors (Lipinski definition) is 0. The number of thiophene rings is 1. The maximum atomic E-state index is 11.2. The normalized spacial score (nSPS) is 9.75. The second-order valence-corrected chi connectivity index (χ2v) is 4.32. The Hall–Kier alpha value is -1.99. The van der Waals surface area contributed by atoms with Crippen molar-refractivity contribution in [3.63, 3.8) is 0 Å². The smallest absolute Gasteiger partial charge is 0.169 e. The van der Waals surface area contributed by atoms with Crippen molar-refractivity contribution in [1.82, 2.24) is 4.98 Å². The molecular formula is C12H8N2OS. The van der Waals surface area contributed by atoms with Gasteiger partial charge in [-0.3, -0.25) is 9.78 Å². The van der Waals surface area contributed by atoms with Crippen molar-refractivity contribution in [1.29, 1.82) is 5.26 Å². The molecule has 0 bridgehead atoms. The Kier molecular flexibility index (Phi) is 2.80. The number of rotatable bonds is 2. The Balaban J connectivity index is 2.51. The maximum absolute atomic E-state index is 11.2. The summed E-state index contributed by atoms with van der Waals surface area (Å²) in [5, 5.41) is 8.94. The molecule has 78 valence electrons. The average Bonchev–Trinajstić information content (AvgIpc) is 2.78. The van der Waals surface area contributed by atoms with Gasteiger partial charge in [-0.2, -0.15) is 5.26 Å². The van der Waals surface area contributed by atoms with Gasteiger partial charge in [-0.15, -0.1) is 11.3 Å². The number of pyridine rings is 1. The van der Waals surface area contributed by atoms with Crippen LogP contribution in [0.4, 0.5) is 0 Å².